The van der Waals surface area contributed by atoms with Crippen molar-refractivity contribution >= 4 is 15.7 Å². The Hall–Kier alpha value is -1.51. The fourth-order valence-electron chi connectivity index (χ4n) is 1.70. The first-order valence-electron chi connectivity index (χ1n) is 5.14. The van der Waals surface area contributed by atoms with Crippen LogP contribution in [0.4, 0.5) is 5.69 Å². The molecule has 1 rings (SSSR count). The number of hydrogen-bond donors (Lipinski definition) is 2. The number of rotatable bonds is 3. The first-order chi connectivity index (χ1) is 7.88. The van der Waals surface area contributed by atoms with Gasteiger partial charge in [0.15, 0.2) is 0 Å². The largest absolute Gasteiger partial charge is 0.399 e. The second kappa shape index (κ2) is 5.21. The zero-order valence-corrected chi connectivity index (χ0v) is 11.0. The van der Waals surface area contributed by atoms with Gasteiger partial charge in [-0.3, -0.25) is 0 Å². The summed E-state index contributed by atoms with van der Waals surface area (Å²) in [5, 5.41) is 0. The predicted molar refractivity (Wildman–Crippen MR) is 69.0 cm³/mol. The lowest BCUT2D eigenvalue weighted by Crippen LogP contribution is -2.25. The van der Waals surface area contributed by atoms with Gasteiger partial charge < -0.3 is 5.73 Å². The lowest BCUT2D eigenvalue weighted by molar-refractivity contribution is 0.585. The number of aryl methyl sites for hydroxylation is 2. The third-order valence-electron chi connectivity index (χ3n) is 2.28. The summed E-state index contributed by atoms with van der Waals surface area (Å²) < 4.78 is 26.5. The van der Waals surface area contributed by atoms with Crippen molar-refractivity contribution in [1.82, 2.24) is 4.72 Å². The zero-order valence-electron chi connectivity index (χ0n) is 10.2. The Morgan fingerprint density at radius 3 is 2.29 bits per heavy atom. The van der Waals surface area contributed by atoms with E-state index < -0.39 is 10.0 Å². The van der Waals surface area contributed by atoms with E-state index in [-0.39, 0.29) is 11.4 Å². The van der Waals surface area contributed by atoms with Crippen molar-refractivity contribution in [3.8, 4) is 11.8 Å². The maximum absolute atomic E-state index is 12.0. The van der Waals surface area contributed by atoms with Gasteiger partial charge in [-0.1, -0.05) is 5.92 Å². The van der Waals surface area contributed by atoms with Crippen molar-refractivity contribution in [2.24, 2.45) is 0 Å². The Labute approximate surface area is 102 Å². The standard InChI is InChI=1S/C12H16N2O2S/c1-4-5-6-14-17(15,16)12-9(2)7-11(13)8-10(12)3/h7-8,14H,6,13H2,1-3H3. The predicted octanol–water partition coefficient (Wildman–Crippen LogP) is 1.19. The van der Waals surface area contributed by atoms with Crippen molar-refractivity contribution in [2.45, 2.75) is 25.7 Å². The molecule has 0 aliphatic carbocycles. The number of sulfonamides is 1. The van der Waals surface area contributed by atoms with E-state index in [1.165, 1.54) is 0 Å². The molecule has 17 heavy (non-hydrogen) atoms. The molecule has 4 nitrogen and oxygen atoms in total. The highest BCUT2D eigenvalue weighted by atomic mass is 32.2. The van der Waals surface area contributed by atoms with Crippen LogP contribution in [0.15, 0.2) is 17.0 Å². The molecule has 0 radical (unpaired) electrons. The zero-order chi connectivity index (χ0) is 13.1. The topological polar surface area (TPSA) is 72.2 Å². The molecule has 0 atom stereocenters. The van der Waals surface area contributed by atoms with Gasteiger partial charge in [-0.15, -0.1) is 5.92 Å². The van der Waals surface area contributed by atoms with Crippen LogP contribution in [0.25, 0.3) is 0 Å². The Balaban J connectivity index is 3.18. The minimum absolute atomic E-state index is 0.113. The molecule has 0 saturated heterocycles. The van der Waals surface area contributed by atoms with E-state index in [4.69, 9.17) is 5.73 Å². The van der Waals surface area contributed by atoms with E-state index in [0.29, 0.717) is 16.8 Å². The van der Waals surface area contributed by atoms with Gasteiger partial charge in [0.2, 0.25) is 10.0 Å². The molecule has 1 aromatic carbocycles. The fourth-order valence-corrected chi connectivity index (χ4v) is 3.07. The molecule has 3 N–H and O–H groups in total. The molecule has 0 unspecified atom stereocenters. The second-order valence-corrected chi connectivity index (χ2v) is 5.44. The van der Waals surface area contributed by atoms with Crippen molar-refractivity contribution in [3.63, 3.8) is 0 Å². The van der Waals surface area contributed by atoms with Gasteiger partial charge >= 0.3 is 0 Å². The molecule has 0 spiro atoms. The van der Waals surface area contributed by atoms with E-state index in [0.717, 1.165) is 0 Å². The van der Waals surface area contributed by atoms with Crippen LogP contribution < -0.4 is 10.5 Å². The minimum atomic E-state index is -3.52. The van der Waals surface area contributed by atoms with Gasteiger partial charge in [0, 0.05) is 5.69 Å². The van der Waals surface area contributed by atoms with Crippen molar-refractivity contribution in [3.05, 3.63) is 23.3 Å². The molecule has 0 aromatic heterocycles. The summed E-state index contributed by atoms with van der Waals surface area (Å²) in [7, 11) is -3.52. The van der Waals surface area contributed by atoms with Crippen LogP contribution >= 0.6 is 0 Å². The van der Waals surface area contributed by atoms with Crippen LogP contribution in [0.2, 0.25) is 0 Å². The smallest absolute Gasteiger partial charge is 0.241 e. The molecule has 0 bridgehead atoms. The molecule has 5 heteroatoms. The van der Waals surface area contributed by atoms with Gasteiger partial charge in [0.05, 0.1) is 11.4 Å². The van der Waals surface area contributed by atoms with Gasteiger partial charge in [-0.2, -0.15) is 4.72 Å². The third kappa shape index (κ3) is 3.22. The average Bonchev–Trinajstić information content (AvgIpc) is 2.15. The quantitative estimate of drug-likeness (QED) is 0.627. The average molecular weight is 252 g/mol. The highest BCUT2D eigenvalue weighted by molar-refractivity contribution is 7.89. The maximum atomic E-state index is 12.0. The molecule has 0 heterocycles. The monoisotopic (exact) mass is 252 g/mol. The summed E-state index contributed by atoms with van der Waals surface area (Å²) in [5.74, 6) is 5.29. The van der Waals surface area contributed by atoms with Crippen molar-refractivity contribution in [1.29, 1.82) is 0 Å². The molecule has 0 aliphatic rings. The number of nitrogen functional groups attached to an aromatic ring is 1. The highest BCUT2D eigenvalue weighted by Crippen LogP contribution is 2.22. The van der Waals surface area contributed by atoms with Crippen LogP contribution in [-0.4, -0.2) is 15.0 Å². The molecule has 0 saturated carbocycles. The van der Waals surface area contributed by atoms with E-state index in [2.05, 4.69) is 16.6 Å². The number of nitrogens with one attached hydrogen (secondary N) is 1. The number of benzene rings is 1. The summed E-state index contributed by atoms with van der Waals surface area (Å²) >= 11 is 0. The molecule has 1 aromatic rings. The number of anilines is 1. The molecule has 92 valence electrons. The van der Waals surface area contributed by atoms with Gasteiger partial charge in [0.25, 0.3) is 0 Å². The van der Waals surface area contributed by atoms with Crippen LogP contribution in [-0.2, 0) is 10.0 Å². The normalized spacial score (nSPS) is 10.8. The molecule has 0 aliphatic heterocycles. The van der Waals surface area contributed by atoms with Crippen molar-refractivity contribution < 1.29 is 8.42 Å². The van der Waals surface area contributed by atoms with Crippen molar-refractivity contribution in [2.75, 3.05) is 12.3 Å². The summed E-state index contributed by atoms with van der Waals surface area (Å²) in [4.78, 5) is 0.282. The lowest BCUT2D eigenvalue weighted by atomic mass is 10.1. The third-order valence-corrected chi connectivity index (χ3v) is 3.98. The molecular formula is C12H16N2O2S. The molecule has 0 fully saturated rings. The van der Waals surface area contributed by atoms with Crippen LogP contribution in [0.1, 0.15) is 18.1 Å². The summed E-state index contributed by atoms with van der Waals surface area (Å²) in [6.45, 7) is 5.23. The Morgan fingerprint density at radius 2 is 1.82 bits per heavy atom. The van der Waals surface area contributed by atoms with Gasteiger partial charge in [-0.25, -0.2) is 8.42 Å². The minimum Gasteiger partial charge on any atom is -0.399 e. The highest BCUT2D eigenvalue weighted by Gasteiger charge is 2.18. The van der Waals surface area contributed by atoms with E-state index in [1.54, 1.807) is 32.9 Å². The van der Waals surface area contributed by atoms with Crippen LogP contribution in [0.5, 0.6) is 0 Å². The Kier molecular flexibility index (Phi) is 4.16. The van der Waals surface area contributed by atoms with Crippen LogP contribution in [0, 0.1) is 25.7 Å². The fraction of sp³-hybridized carbons (Fsp3) is 0.333. The van der Waals surface area contributed by atoms with E-state index in [1.807, 2.05) is 0 Å². The maximum Gasteiger partial charge on any atom is 0.241 e. The molecular weight excluding hydrogens is 236 g/mol. The summed E-state index contributed by atoms with van der Waals surface area (Å²) in [6, 6.07) is 3.29. The SMILES string of the molecule is CC#CCNS(=O)(=O)c1c(C)cc(N)cc1C. The first-order valence-corrected chi connectivity index (χ1v) is 6.63. The lowest BCUT2D eigenvalue weighted by Gasteiger charge is -2.11. The molecule has 0 amide bonds. The Morgan fingerprint density at radius 1 is 1.29 bits per heavy atom. The second-order valence-electron chi connectivity index (χ2n) is 3.74. The summed E-state index contributed by atoms with van der Waals surface area (Å²) in [6.07, 6.45) is 0. The first kappa shape index (κ1) is 13.6. The number of nitrogens with two attached hydrogens (primary N) is 1. The van der Waals surface area contributed by atoms with Crippen LogP contribution in [0.3, 0.4) is 0 Å². The number of hydrogen-bond acceptors (Lipinski definition) is 3. The Bertz CT molecular complexity index is 557. The summed E-state index contributed by atoms with van der Waals surface area (Å²) in [5.41, 5.74) is 7.49. The van der Waals surface area contributed by atoms with Gasteiger partial charge in [0.1, 0.15) is 0 Å². The van der Waals surface area contributed by atoms with E-state index in [9.17, 15) is 8.42 Å². The van der Waals surface area contributed by atoms with Gasteiger partial charge in [-0.05, 0) is 44.0 Å². The van der Waals surface area contributed by atoms with E-state index >= 15 is 0 Å².